The van der Waals surface area contributed by atoms with E-state index in [1.54, 1.807) is 16.8 Å². The van der Waals surface area contributed by atoms with Crippen molar-refractivity contribution >= 4 is 27.1 Å². The zero-order valence-electron chi connectivity index (χ0n) is 11.3. The molecule has 3 aromatic rings. The van der Waals surface area contributed by atoms with Gasteiger partial charge in [-0.05, 0) is 42.5 Å². The SMILES string of the molecule is NS(=O)(=O)c1ccc(NC(=O)c2cc3ccccn3n2)cc1. The maximum Gasteiger partial charge on any atom is 0.276 e. The van der Waals surface area contributed by atoms with E-state index in [0.29, 0.717) is 5.69 Å². The number of pyridine rings is 1. The topological polar surface area (TPSA) is 107 Å². The van der Waals surface area contributed by atoms with Crippen molar-refractivity contribution in [3.63, 3.8) is 0 Å². The van der Waals surface area contributed by atoms with E-state index in [9.17, 15) is 13.2 Å². The largest absolute Gasteiger partial charge is 0.321 e. The number of amides is 1. The molecule has 8 heteroatoms. The van der Waals surface area contributed by atoms with Crippen LogP contribution < -0.4 is 10.5 Å². The molecule has 22 heavy (non-hydrogen) atoms. The summed E-state index contributed by atoms with van der Waals surface area (Å²) in [5.41, 5.74) is 1.52. The minimum Gasteiger partial charge on any atom is -0.321 e. The zero-order valence-corrected chi connectivity index (χ0v) is 12.1. The van der Waals surface area contributed by atoms with Gasteiger partial charge in [0.15, 0.2) is 5.69 Å². The molecule has 0 spiro atoms. The highest BCUT2D eigenvalue weighted by Crippen LogP contribution is 2.14. The lowest BCUT2D eigenvalue weighted by atomic mass is 10.3. The Bertz CT molecular complexity index is 913. The van der Waals surface area contributed by atoms with E-state index in [4.69, 9.17) is 5.14 Å². The lowest BCUT2D eigenvalue weighted by Crippen LogP contribution is -2.14. The first-order valence-corrected chi connectivity index (χ1v) is 7.87. The van der Waals surface area contributed by atoms with Crippen LogP contribution in [0.4, 0.5) is 5.69 Å². The fraction of sp³-hybridized carbons (Fsp3) is 0. The number of carbonyl (C=O) groups is 1. The molecule has 0 aliphatic heterocycles. The van der Waals surface area contributed by atoms with E-state index in [0.717, 1.165) is 5.52 Å². The molecular formula is C14H12N4O3S. The third kappa shape index (κ3) is 2.83. The van der Waals surface area contributed by atoms with Gasteiger partial charge in [-0.2, -0.15) is 5.10 Å². The third-order valence-electron chi connectivity index (χ3n) is 3.04. The fourth-order valence-electron chi connectivity index (χ4n) is 1.97. The van der Waals surface area contributed by atoms with Crippen LogP contribution in [0.2, 0.25) is 0 Å². The number of nitrogens with one attached hydrogen (secondary N) is 1. The molecule has 0 saturated carbocycles. The van der Waals surface area contributed by atoms with Crippen LogP contribution in [0.15, 0.2) is 59.6 Å². The van der Waals surface area contributed by atoms with Crippen LogP contribution in [-0.4, -0.2) is 23.9 Å². The number of primary sulfonamides is 1. The van der Waals surface area contributed by atoms with Gasteiger partial charge in [-0.3, -0.25) is 4.79 Å². The van der Waals surface area contributed by atoms with Crippen molar-refractivity contribution in [2.24, 2.45) is 5.14 Å². The van der Waals surface area contributed by atoms with Crippen molar-refractivity contribution < 1.29 is 13.2 Å². The molecule has 0 radical (unpaired) electrons. The van der Waals surface area contributed by atoms with Crippen molar-refractivity contribution in [2.45, 2.75) is 4.90 Å². The summed E-state index contributed by atoms with van der Waals surface area (Å²) in [4.78, 5) is 12.1. The number of rotatable bonds is 3. The molecule has 7 nitrogen and oxygen atoms in total. The molecule has 0 unspecified atom stereocenters. The quantitative estimate of drug-likeness (QED) is 0.758. The highest BCUT2D eigenvalue weighted by molar-refractivity contribution is 7.89. The molecule has 2 aromatic heterocycles. The Morgan fingerprint density at radius 3 is 2.50 bits per heavy atom. The number of benzene rings is 1. The first-order valence-electron chi connectivity index (χ1n) is 6.32. The molecule has 0 fully saturated rings. The Morgan fingerprint density at radius 1 is 1.14 bits per heavy atom. The Morgan fingerprint density at radius 2 is 1.86 bits per heavy atom. The van der Waals surface area contributed by atoms with Gasteiger partial charge in [0.1, 0.15) is 0 Å². The van der Waals surface area contributed by atoms with Gasteiger partial charge in [0.2, 0.25) is 10.0 Å². The van der Waals surface area contributed by atoms with E-state index in [1.165, 1.54) is 24.3 Å². The van der Waals surface area contributed by atoms with Crippen LogP contribution in [0.5, 0.6) is 0 Å². The molecule has 1 amide bonds. The molecule has 0 aliphatic rings. The molecule has 0 aliphatic carbocycles. The number of fused-ring (bicyclic) bond motifs is 1. The summed E-state index contributed by atoms with van der Waals surface area (Å²) in [5.74, 6) is -0.382. The van der Waals surface area contributed by atoms with Gasteiger partial charge >= 0.3 is 0 Å². The summed E-state index contributed by atoms with van der Waals surface area (Å²) in [6, 6.07) is 12.8. The van der Waals surface area contributed by atoms with Gasteiger partial charge in [-0.15, -0.1) is 0 Å². The van der Waals surface area contributed by atoms with Crippen molar-refractivity contribution in [1.82, 2.24) is 9.61 Å². The van der Waals surface area contributed by atoms with E-state index in [-0.39, 0.29) is 16.5 Å². The van der Waals surface area contributed by atoms with Crippen LogP contribution in [-0.2, 0) is 10.0 Å². The predicted octanol–water partition coefficient (Wildman–Crippen LogP) is 1.23. The molecule has 112 valence electrons. The van der Waals surface area contributed by atoms with E-state index in [2.05, 4.69) is 10.4 Å². The van der Waals surface area contributed by atoms with Gasteiger partial charge in [0.25, 0.3) is 5.91 Å². The minimum atomic E-state index is -3.75. The van der Waals surface area contributed by atoms with Crippen LogP contribution >= 0.6 is 0 Å². The number of nitrogens with two attached hydrogens (primary N) is 1. The first kappa shape index (κ1) is 14.2. The first-order chi connectivity index (χ1) is 10.4. The van der Waals surface area contributed by atoms with Crippen LogP contribution in [0.3, 0.4) is 0 Å². The second kappa shape index (κ2) is 5.24. The maximum absolute atomic E-state index is 12.1. The number of aromatic nitrogens is 2. The molecular weight excluding hydrogens is 304 g/mol. The van der Waals surface area contributed by atoms with E-state index < -0.39 is 10.0 Å². The number of sulfonamides is 1. The predicted molar refractivity (Wildman–Crippen MR) is 81.0 cm³/mol. The van der Waals surface area contributed by atoms with Gasteiger partial charge < -0.3 is 5.32 Å². The molecule has 2 heterocycles. The monoisotopic (exact) mass is 316 g/mol. The number of hydrogen-bond donors (Lipinski definition) is 2. The summed E-state index contributed by atoms with van der Waals surface area (Å²) < 4.78 is 23.9. The summed E-state index contributed by atoms with van der Waals surface area (Å²) in [5, 5.41) is 11.8. The zero-order chi connectivity index (χ0) is 15.7. The van der Waals surface area contributed by atoms with Gasteiger partial charge in [0, 0.05) is 11.9 Å². The summed E-state index contributed by atoms with van der Waals surface area (Å²) in [7, 11) is -3.75. The molecule has 0 bridgehead atoms. The normalized spacial score (nSPS) is 11.5. The summed E-state index contributed by atoms with van der Waals surface area (Å²) >= 11 is 0. The average molecular weight is 316 g/mol. The Balaban J connectivity index is 1.82. The average Bonchev–Trinajstić information content (AvgIpc) is 2.91. The second-order valence-electron chi connectivity index (χ2n) is 4.62. The van der Waals surface area contributed by atoms with Crippen LogP contribution in [0.25, 0.3) is 5.52 Å². The molecule has 3 rings (SSSR count). The van der Waals surface area contributed by atoms with Crippen LogP contribution in [0.1, 0.15) is 10.5 Å². The lowest BCUT2D eigenvalue weighted by Gasteiger charge is -2.04. The van der Waals surface area contributed by atoms with Crippen LogP contribution in [0, 0.1) is 0 Å². The van der Waals surface area contributed by atoms with Crippen molar-refractivity contribution in [3.8, 4) is 0 Å². The molecule has 1 aromatic carbocycles. The maximum atomic E-state index is 12.1. The van der Waals surface area contributed by atoms with Gasteiger partial charge in [-0.1, -0.05) is 6.07 Å². The minimum absolute atomic E-state index is 0.0155. The molecule has 0 saturated heterocycles. The summed E-state index contributed by atoms with van der Waals surface area (Å²) in [6.45, 7) is 0. The van der Waals surface area contributed by atoms with Crippen molar-refractivity contribution in [3.05, 3.63) is 60.4 Å². The lowest BCUT2D eigenvalue weighted by molar-refractivity contribution is 0.102. The van der Waals surface area contributed by atoms with Gasteiger partial charge in [-0.25, -0.2) is 18.1 Å². The fourth-order valence-corrected chi connectivity index (χ4v) is 2.49. The Hall–Kier alpha value is -2.71. The number of nitrogens with zero attached hydrogens (tertiary/aromatic N) is 2. The van der Waals surface area contributed by atoms with E-state index in [1.807, 2.05) is 18.2 Å². The Labute approximate surface area is 126 Å². The van der Waals surface area contributed by atoms with E-state index >= 15 is 0 Å². The summed E-state index contributed by atoms with van der Waals surface area (Å²) in [6.07, 6.45) is 1.74. The third-order valence-corrected chi connectivity index (χ3v) is 3.97. The molecule has 0 atom stereocenters. The highest BCUT2D eigenvalue weighted by atomic mass is 32.2. The number of hydrogen-bond acceptors (Lipinski definition) is 4. The van der Waals surface area contributed by atoms with Crippen molar-refractivity contribution in [1.29, 1.82) is 0 Å². The standard InChI is InChI=1S/C14H12N4O3S/c15-22(20,21)12-6-4-10(5-7-12)16-14(19)13-9-11-3-1-2-8-18(11)17-13/h1-9H,(H,16,19)(H2,15,20,21). The smallest absolute Gasteiger partial charge is 0.276 e. The second-order valence-corrected chi connectivity index (χ2v) is 6.18. The number of anilines is 1. The van der Waals surface area contributed by atoms with Gasteiger partial charge in [0.05, 0.1) is 10.4 Å². The highest BCUT2D eigenvalue weighted by Gasteiger charge is 2.12. The number of carbonyl (C=O) groups excluding carboxylic acids is 1. The Kier molecular flexibility index (Phi) is 3.39. The van der Waals surface area contributed by atoms with Crippen molar-refractivity contribution in [2.75, 3.05) is 5.32 Å². The molecule has 3 N–H and O–H groups in total.